The fourth-order valence-corrected chi connectivity index (χ4v) is 3.34. The third-order valence-electron chi connectivity index (χ3n) is 4.41. The van der Waals surface area contributed by atoms with Crippen molar-refractivity contribution in [2.45, 2.75) is 58.2 Å². The van der Waals surface area contributed by atoms with E-state index in [2.05, 4.69) is 53.4 Å². The van der Waals surface area contributed by atoms with E-state index >= 15 is 0 Å². The van der Waals surface area contributed by atoms with Crippen LogP contribution in [0.5, 0.6) is 0 Å². The number of benzene rings is 1. The number of carbonyl (C=O) groups excluding carboxylic acids is 1. The van der Waals surface area contributed by atoms with E-state index < -0.39 is 0 Å². The number of rotatable bonds is 7. The van der Waals surface area contributed by atoms with Crippen LogP contribution < -0.4 is 5.32 Å². The van der Waals surface area contributed by atoms with Crippen LogP contribution in [0, 0.1) is 20.8 Å². The molecule has 0 saturated carbocycles. The summed E-state index contributed by atoms with van der Waals surface area (Å²) in [5, 5.41) is 3.94. The second kappa shape index (κ2) is 8.99. The van der Waals surface area contributed by atoms with E-state index in [-0.39, 0.29) is 11.9 Å². The molecule has 0 aliphatic rings. The number of nitrogens with zero attached hydrogens (tertiary/aromatic N) is 2. The summed E-state index contributed by atoms with van der Waals surface area (Å²) in [4.78, 5) is 21.4. The van der Waals surface area contributed by atoms with E-state index in [4.69, 9.17) is 0 Å². The smallest absolute Gasteiger partial charge is 0.220 e. The van der Waals surface area contributed by atoms with Gasteiger partial charge in [-0.2, -0.15) is 0 Å². The van der Waals surface area contributed by atoms with Gasteiger partial charge in [0.05, 0.1) is 6.04 Å². The van der Waals surface area contributed by atoms with Crippen molar-refractivity contribution < 1.29 is 4.79 Å². The number of carbonyl (C=O) groups is 1. The zero-order valence-corrected chi connectivity index (χ0v) is 16.5. The maximum Gasteiger partial charge on any atom is 0.220 e. The highest BCUT2D eigenvalue weighted by molar-refractivity contribution is 7.98. The zero-order valence-electron chi connectivity index (χ0n) is 15.7. The van der Waals surface area contributed by atoms with Gasteiger partial charge >= 0.3 is 0 Å². The Labute approximate surface area is 154 Å². The van der Waals surface area contributed by atoms with Gasteiger partial charge in [0.15, 0.2) is 5.16 Å². The molecule has 1 amide bonds. The first kappa shape index (κ1) is 19.4. The van der Waals surface area contributed by atoms with E-state index in [0.29, 0.717) is 12.8 Å². The van der Waals surface area contributed by atoms with Gasteiger partial charge in [-0.25, -0.2) is 9.97 Å². The van der Waals surface area contributed by atoms with Crippen LogP contribution in [0.1, 0.15) is 53.9 Å². The molecule has 0 spiro atoms. The highest BCUT2D eigenvalue weighted by atomic mass is 32.2. The van der Waals surface area contributed by atoms with Crippen LogP contribution in [-0.2, 0) is 11.2 Å². The van der Waals surface area contributed by atoms with Crippen molar-refractivity contribution in [3.05, 3.63) is 52.3 Å². The van der Waals surface area contributed by atoms with Crippen molar-refractivity contribution in [2.75, 3.05) is 6.26 Å². The molecule has 0 aliphatic carbocycles. The lowest BCUT2D eigenvalue weighted by atomic mass is 10.0. The number of thioether (sulfide) groups is 1. The summed E-state index contributed by atoms with van der Waals surface area (Å²) in [5.41, 5.74) is 5.40. The van der Waals surface area contributed by atoms with Gasteiger partial charge < -0.3 is 5.32 Å². The van der Waals surface area contributed by atoms with Crippen LogP contribution in [0.15, 0.2) is 29.4 Å². The number of nitrogens with one attached hydrogen (secondary N) is 1. The largest absolute Gasteiger partial charge is 0.349 e. The molecule has 0 fully saturated rings. The van der Waals surface area contributed by atoms with E-state index in [1.54, 1.807) is 0 Å². The number of hydrogen-bond acceptors (Lipinski definition) is 4. The van der Waals surface area contributed by atoms with Crippen molar-refractivity contribution in [1.29, 1.82) is 0 Å². The second-order valence-electron chi connectivity index (χ2n) is 6.30. The topological polar surface area (TPSA) is 54.9 Å². The van der Waals surface area contributed by atoms with Gasteiger partial charge in [0.1, 0.15) is 0 Å². The minimum Gasteiger partial charge on any atom is -0.349 e. The molecule has 2 rings (SSSR count). The number of aryl methyl sites for hydroxylation is 3. The monoisotopic (exact) mass is 357 g/mol. The molecule has 134 valence electrons. The van der Waals surface area contributed by atoms with Crippen molar-refractivity contribution >= 4 is 17.7 Å². The van der Waals surface area contributed by atoms with Crippen LogP contribution in [0.4, 0.5) is 0 Å². The summed E-state index contributed by atoms with van der Waals surface area (Å²) < 4.78 is 0. The standard InChI is InChI=1S/C20H27N3OS/c1-6-18(16-9-7-13(2)8-10-16)23-19(24)12-11-17-14(3)21-20(25-5)22-15(17)4/h7-10,18H,6,11-12H2,1-5H3,(H,23,24). The molecule has 5 heteroatoms. The molecule has 1 unspecified atom stereocenters. The van der Waals surface area contributed by atoms with Gasteiger partial charge in [0.25, 0.3) is 0 Å². The SMILES string of the molecule is CCC(NC(=O)CCc1c(C)nc(SC)nc1C)c1ccc(C)cc1. The van der Waals surface area contributed by atoms with Crippen molar-refractivity contribution in [3.63, 3.8) is 0 Å². The van der Waals surface area contributed by atoms with Crippen molar-refractivity contribution in [3.8, 4) is 0 Å². The fourth-order valence-electron chi connectivity index (χ4n) is 2.89. The molecule has 1 aromatic heterocycles. The molecule has 1 heterocycles. The fraction of sp³-hybridized carbons (Fsp3) is 0.450. The summed E-state index contributed by atoms with van der Waals surface area (Å²) in [7, 11) is 0. The first-order valence-corrected chi connectivity index (χ1v) is 9.91. The molecule has 0 radical (unpaired) electrons. The molecule has 4 nitrogen and oxygen atoms in total. The molecular formula is C20H27N3OS. The summed E-state index contributed by atoms with van der Waals surface area (Å²) in [6.45, 7) is 8.14. The first-order chi connectivity index (χ1) is 11.9. The molecule has 1 aromatic carbocycles. The minimum absolute atomic E-state index is 0.0606. The molecule has 0 bridgehead atoms. The number of aromatic nitrogens is 2. The average molecular weight is 358 g/mol. The van der Waals surface area contributed by atoms with Gasteiger partial charge in [-0.05, 0) is 51.0 Å². The van der Waals surface area contributed by atoms with Gasteiger partial charge in [-0.3, -0.25) is 4.79 Å². The summed E-state index contributed by atoms with van der Waals surface area (Å²) >= 11 is 1.54. The molecular weight excluding hydrogens is 330 g/mol. The van der Waals surface area contributed by atoms with E-state index in [0.717, 1.165) is 34.1 Å². The lowest BCUT2D eigenvalue weighted by molar-refractivity contribution is -0.121. The van der Waals surface area contributed by atoms with Crippen LogP contribution >= 0.6 is 11.8 Å². The van der Waals surface area contributed by atoms with Crippen LogP contribution in [0.25, 0.3) is 0 Å². The quantitative estimate of drug-likeness (QED) is 0.592. The summed E-state index contributed by atoms with van der Waals surface area (Å²) in [6.07, 6.45) is 3.96. The van der Waals surface area contributed by atoms with Gasteiger partial charge in [-0.1, -0.05) is 48.5 Å². The Morgan fingerprint density at radius 3 is 2.24 bits per heavy atom. The first-order valence-electron chi connectivity index (χ1n) is 8.68. The zero-order chi connectivity index (χ0) is 18.4. The molecule has 2 aromatic rings. The van der Waals surface area contributed by atoms with Crippen LogP contribution in [-0.4, -0.2) is 22.1 Å². The van der Waals surface area contributed by atoms with Crippen molar-refractivity contribution in [1.82, 2.24) is 15.3 Å². The van der Waals surface area contributed by atoms with Crippen LogP contribution in [0.2, 0.25) is 0 Å². The summed E-state index contributed by atoms with van der Waals surface area (Å²) in [5.74, 6) is 0.0696. The molecule has 1 atom stereocenters. The molecule has 0 aliphatic heterocycles. The highest BCUT2D eigenvalue weighted by Crippen LogP contribution is 2.19. The number of hydrogen-bond donors (Lipinski definition) is 1. The average Bonchev–Trinajstić information content (AvgIpc) is 2.59. The summed E-state index contributed by atoms with van der Waals surface area (Å²) in [6, 6.07) is 8.41. The lowest BCUT2D eigenvalue weighted by Gasteiger charge is -2.18. The minimum atomic E-state index is 0.0606. The van der Waals surface area contributed by atoms with Gasteiger partial charge in [0.2, 0.25) is 5.91 Å². The van der Waals surface area contributed by atoms with Gasteiger partial charge in [-0.15, -0.1) is 0 Å². The maximum atomic E-state index is 12.4. The normalized spacial score (nSPS) is 12.0. The second-order valence-corrected chi connectivity index (χ2v) is 7.07. The predicted octanol–water partition coefficient (Wildman–Crippen LogP) is 4.32. The van der Waals surface area contributed by atoms with E-state index in [9.17, 15) is 4.79 Å². The Morgan fingerprint density at radius 1 is 1.12 bits per heavy atom. The Bertz CT molecular complexity index is 705. The Kier molecular flexibility index (Phi) is 7.00. The van der Waals surface area contributed by atoms with E-state index in [1.165, 1.54) is 17.3 Å². The third kappa shape index (κ3) is 5.30. The predicted molar refractivity (Wildman–Crippen MR) is 104 cm³/mol. The molecule has 0 saturated heterocycles. The lowest BCUT2D eigenvalue weighted by Crippen LogP contribution is -2.28. The molecule has 1 N–H and O–H groups in total. The van der Waals surface area contributed by atoms with Crippen molar-refractivity contribution in [2.24, 2.45) is 0 Å². The number of amides is 1. The Hall–Kier alpha value is -1.88. The highest BCUT2D eigenvalue weighted by Gasteiger charge is 2.14. The Balaban J connectivity index is 1.99. The van der Waals surface area contributed by atoms with Crippen LogP contribution in [0.3, 0.4) is 0 Å². The van der Waals surface area contributed by atoms with Gasteiger partial charge in [0, 0.05) is 17.8 Å². The van der Waals surface area contributed by atoms with E-state index in [1.807, 2.05) is 20.1 Å². The maximum absolute atomic E-state index is 12.4. The molecule has 25 heavy (non-hydrogen) atoms. The Morgan fingerprint density at radius 2 is 1.72 bits per heavy atom. The third-order valence-corrected chi connectivity index (χ3v) is 4.96.